The summed E-state index contributed by atoms with van der Waals surface area (Å²) in [7, 11) is 0. The molecule has 4 rings (SSSR count). The average molecular weight is 273 g/mol. The summed E-state index contributed by atoms with van der Waals surface area (Å²) in [5.74, 6) is -0.661. The Labute approximate surface area is 121 Å². The number of amides is 2. The molecule has 3 aromatic carbocycles. The molecule has 0 aromatic heterocycles. The molecule has 0 atom stereocenters. The predicted molar refractivity (Wildman–Crippen MR) is 81.2 cm³/mol. The number of rotatable bonds is 1. The molecule has 0 unspecified atom stereocenters. The number of benzene rings is 3. The van der Waals surface area contributed by atoms with E-state index in [1.165, 1.54) is 0 Å². The molecule has 3 nitrogen and oxygen atoms in total. The van der Waals surface area contributed by atoms with Gasteiger partial charge in [-0.05, 0) is 28.6 Å². The summed E-state index contributed by atoms with van der Waals surface area (Å²) in [5, 5.41) is 4.05. The Hall–Kier alpha value is -2.94. The van der Waals surface area contributed by atoms with Gasteiger partial charge in [0.2, 0.25) is 0 Å². The van der Waals surface area contributed by atoms with E-state index < -0.39 is 0 Å². The van der Waals surface area contributed by atoms with E-state index in [0.29, 0.717) is 11.1 Å². The molecular weight excluding hydrogens is 262 g/mol. The first-order chi connectivity index (χ1) is 10.3. The molecule has 0 radical (unpaired) electrons. The Morgan fingerprint density at radius 1 is 0.619 bits per heavy atom. The highest BCUT2D eigenvalue weighted by molar-refractivity contribution is 6.26. The fourth-order valence-electron chi connectivity index (χ4n) is 2.89. The number of imide groups is 1. The Balaban J connectivity index is 2.13. The van der Waals surface area contributed by atoms with Gasteiger partial charge in [-0.3, -0.25) is 14.9 Å². The van der Waals surface area contributed by atoms with Crippen LogP contribution in [0.5, 0.6) is 0 Å². The maximum absolute atomic E-state index is 12.0. The van der Waals surface area contributed by atoms with Gasteiger partial charge < -0.3 is 0 Å². The van der Waals surface area contributed by atoms with E-state index in [4.69, 9.17) is 0 Å². The molecule has 1 aliphatic heterocycles. The minimum absolute atomic E-state index is 0.330. The maximum Gasteiger partial charge on any atom is 0.258 e. The van der Waals surface area contributed by atoms with Gasteiger partial charge in [-0.2, -0.15) is 0 Å². The van der Waals surface area contributed by atoms with Gasteiger partial charge >= 0.3 is 0 Å². The normalized spacial score (nSPS) is 13.3. The minimum atomic E-state index is -0.330. The van der Waals surface area contributed by atoms with Gasteiger partial charge in [0.1, 0.15) is 0 Å². The van der Waals surface area contributed by atoms with Crippen molar-refractivity contribution in [3.8, 4) is 11.1 Å². The lowest BCUT2D eigenvalue weighted by Crippen LogP contribution is -2.34. The average Bonchev–Trinajstić information content (AvgIpc) is 2.53. The van der Waals surface area contributed by atoms with Crippen LogP contribution in [0.3, 0.4) is 0 Å². The second-order valence-electron chi connectivity index (χ2n) is 5.04. The van der Waals surface area contributed by atoms with E-state index in [2.05, 4.69) is 5.32 Å². The van der Waals surface area contributed by atoms with Crippen LogP contribution >= 0.6 is 0 Å². The van der Waals surface area contributed by atoms with Crippen LogP contribution < -0.4 is 5.32 Å². The van der Waals surface area contributed by atoms with Crippen LogP contribution in [-0.2, 0) is 0 Å². The molecule has 3 aromatic rings. The van der Waals surface area contributed by atoms with Crippen LogP contribution in [0, 0.1) is 0 Å². The van der Waals surface area contributed by atoms with Gasteiger partial charge in [-0.1, -0.05) is 48.5 Å². The van der Waals surface area contributed by atoms with E-state index in [0.717, 1.165) is 21.9 Å². The number of carbonyl (C=O) groups excluding carboxylic acids is 2. The van der Waals surface area contributed by atoms with Crippen LogP contribution in [0.1, 0.15) is 20.7 Å². The molecule has 0 bridgehead atoms. The number of carbonyl (C=O) groups is 2. The summed E-state index contributed by atoms with van der Waals surface area (Å²) in [6, 6.07) is 19.2. The lowest BCUT2D eigenvalue weighted by molar-refractivity contribution is 0.0845. The lowest BCUT2D eigenvalue weighted by Gasteiger charge is -2.18. The molecular formula is C18H11NO2. The summed E-state index contributed by atoms with van der Waals surface area (Å²) in [5.41, 5.74) is 3.21. The SMILES string of the molecule is O=C1NC(=O)c2ccc(-c3ccccc3)c3cccc1c23. The first kappa shape index (κ1) is 11.9. The van der Waals surface area contributed by atoms with Gasteiger partial charge in [0, 0.05) is 16.5 Å². The maximum atomic E-state index is 12.0. The molecule has 3 heteroatoms. The molecule has 0 saturated heterocycles. The summed E-state index contributed by atoms with van der Waals surface area (Å²) in [4.78, 5) is 24.0. The lowest BCUT2D eigenvalue weighted by atomic mass is 9.90. The highest BCUT2D eigenvalue weighted by Crippen LogP contribution is 2.34. The molecule has 1 heterocycles. The molecule has 100 valence electrons. The van der Waals surface area contributed by atoms with Crippen molar-refractivity contribution in [2.24, 2.45) is 0 Å². The first-order valence-corrected chi connectivity index (χ1v) is 6.72. The van der Waals surface area contributed by atoms with Crippen LogP contribution in [0.4, 0.5) is 0 Å². The summed E-state index contributed by atoms with van der Waals surface area (Å²) >= 11 is 0. The summed E-state index contributed by atoms with van der Waals surface area (Å²) in [6.45, 7) is 0. The molecule has 0 saturated carbocycles. The van der Waals surface area contributed by atoms with Gasteiger partial charge in [-0.25, -0.2) is 0 Å². The predicted octanol–water partition coefficient (Wildman–Crippen LogP) is 3.39. The smallest absolute Gasteiger partial charge is 0.258 e. The third-order valence-corrected chi connectivity index (χ3v) is 3.84. The van der Waals surface area contributed by atoms with E-state index in [-0.39, 0.29) is 11.8 Å². The summed E-state index contributed by atoms with van der Waals surface area (Å²) < 4.78 is 0. The van der Waals surface area contributed by atoms with Crippen LogP contribution in [0.2, 0.25) is 0 Å². The second kappa shape index (κ2) is 4.28. The van der Waals surface area contributed by atoms with Crippen molar-refractivity contribution in [3.63, 3.8) is 0 Å². The highest BCUT2D eigenvalue weighted by atomic mass is 16.2. The number of hydrogen-bond acceptors (Lipinski definition) is 2. The molecule has 1 aliphatic rings. The van der Waals surface area contributed by atoms with E-state index in [1.54, 1.807) is 12.1 Å². The zero-order valence-electron chi connectivity index (χ0n) is 11.1. The second-order valence-corrected chi connectivity index (χ2v) is 5.04. The molecule has 0 fully saturated rings. The number of nitrogens with one attached hydrogen (secondary N) is 1. The van der Waals surface area contributed by atoms with Crippen molar-refractivity contribution in [1.82, 2.24) is 5.32 Å². The van der Waals surface area contributed by atoms with E-state index >= 15 is 0 Å². The van der Waals surface area contributed by atoms with E-state index in [1.807, 2.05) is 48.5 Å². The monoisotopic (exact) mass is 273 g/mol. The van der Waals surface area contributed by atoms with Crippen molar-refractivity contribution in [2.75, 3.05) is 0 Å². The van der Waals surface area contributed by atoms with Crippen molar-refractivity contribution < 1.29 is 9.59 Å². The number of hydrogen-bond donors (Lipinski definition) is 1. The van der Waals surface area contributed by atoms with Gasteiger partial charge in [0.05, 0.1) is 0 Å². The van der Waals surface area contributed by atoms with Crippen LogP contribution in [0.25, 0.3) is 21.9 Å². The quantitative estimate of drug-likeness (QED) is 0.691. The van der Waals surface area contributed by atoms with Crippen LogP contribution in [-0.4, -0.2) is 11.8 Å². The van der Waals surface area contributed by atoms with Gasteiger partial charge in [0.15, 0.2) is 0 Å². The minimum Gasteiger partial charge on any atom is -0.288 e. The van der Waals surface area contributed by atoms with Crippen molar-refractivity contribution >= 4 is 22.6 Å². The fraction of sp³-hybridized carbons (Fsp3) is 0. The third-order valence-electron chi connectivity index (χ3n) is 3.84. The molecule has 0 aliphatic carbocycles. The molecule has 2 amide bonds. The fourth-order valence-corrected chi connectivity index (χ4v) is 2.89. The Kier molecular flexibility index (Phi) is 2.42. The Bertz CT molecular complexity index is 877. The highest BCUT2D eigenvalue weighted by Gasteiger charge is 2.25. The first-order valence-electron chi connectivity index (χ1n) is 6.72. The van der Waals surface area contributed by atoms with Crippen molar-refractivity contribution in [1.29, 1.82) is 0 Å². The molecule has 0 spiro atoms. The zero-order valence-corrected chi connectivity index (χ0v) is 11.1. The van der Waals surface area contributed by atoms with Gasteiger partial charge in [0.25, 0.3) is 11.8 Å². The zero-order chi connectivity index (χ0) is 14.4. The Morgan fingerprint density at radius 2 is 1.29 bits per heavy atom. The van der Waals surface area contributed by atoms with Crippen LogP contribution in [0.15, 0.2) is 60.7 Å². The molecule has 21 heavy (non-hydrogen) atoms. The van der Waals surface area contributed by atoms with Gasteiger partial charge in [-0.15, -0.1) is 0 Å². The van der Waals surface area contributed by atoms with Crippen molar-refractivity contribution in [2.45, 2.75) is 0 Å². The third kappa shape index (κ3) is 1.68. The topological polar surface area (TPSA) is 46.2 Å². The largest absolute Gasteiger partial charge is 0.288 e. The summed E-state index contributed by atoms with van der Waals surface area (Å²) in [6.07, 6.45) is 0. The molecule has 1 N–H and O–H groups in total. The van der Waals surface area contributed by atoms with E-state index in [9.17, 15) is 9.59 Å². The Morgan fingerprint density at radius 3 is 2.05 bits per heavy atom. The van der Waals surface area contributed by atoms with Crippen molar-refractivity contribution in [3.05, 3.63) is 71.8 Å². The standard InChI is InChI=1S/C18H11NO2/c20-17-14-8-4-7-13-12(11-5-2-1-3-6-11)9-10-15(16(13)14)18(21)19-17/h1-10H,(H,19,20,21).